The van der Waals surface area contributed by atoms with Crippen molar-refractivity contribution >= 4 is 29.5 Å². The van der Waals surface area contributed by atoms with Crippen LogP contribution < -0.4 is 15.4 Å². The summed E-state index contributed by atoms with van der Waals surface area (Å²) < 4.78 is 7.95. The molecule has 0 saturated carbocycles. The van der Waals surface area contributed by atoms with E-state index in [0.717, 1.165) is 65.4 Å². The number of likely N-dealkylation sites (N-methyl/N-ethyl adjacent to an activating group) is 2. The van der Waals surface area contributed by atoms with E-state index in [2.05, 4.69) is 30.5 Å². The summed E-state index contributed by atoms with van der Waals surface area (Å²) in [5, 5.41) is 13.9. The molecule has 41 heavy (non-hydrogen) atoms. The molecule has 0 atom stereocenters. The number of nitrogens with one attached hydrogen (secondary N) is 3. The van der Waals surface area contributed by atoms with E-state index in [4.69, 9.17) is 10.1 Å². The quantitative estimate of drug-likeness (QED) is 0.141. The molecule has 214 valence electrons. The van der Waals surface area contributed by atoms with Crippen LogP contribution in [0, 0.1) is 5.41 Å². The Morgan fingerprint density at radius 1 is 1.05 bits per heavy atom. The number of carbonyl (C=O) groups is 1. The highest BCUT2D eigenvalue weighted by molar-refractivity contribution is 6.08. The Morgan fingerprint density at radius 2 is 1.85 bits per heavy atom. The number of hydrogen-bond acceptors (Lipinski definition) is 10. The van der Waals surface area contributed by atoms with Gasteiger partial charge < -0.3 is 30.5 Å². The summed E-state index contributed by atoms with van der Waals surface area (Å²) in [5.74, 6) is 1.47. The number of ether oxygens (including phenoxy) is 1. The Hall–Kier alpha value is -4.61. The molecule has 0 radical (unpaired) electrons. The lowest BCUT2D eigenvalue weighted by Crippen LogP contribution is -2.33. The lowest BCUT2D eigenvalue weighted by Gasteiger charge is -2.20. The number of aromatic nitrogens is 4. The summed E-state index contributed by atoms with van der Waals surface area (Å²) in [5.41, 5.74) is 5.28. The fourth-order valence-corrected chi connectivity index (χ4v) is 4.20. The van der Waals surface area contributed by atoms with Crippen molar-refractivity contribution in [2.45, 2.75) is 6.54 Å². The second-order valence-electron chi connectivity index (χ2n) is 9.69. The second-order valence-corrected chi connectivity index (χ2v) is 9.69. The Balaban J connectivity index is 1.34. The van der Waals surface area contributed by atoms with Gasteiger partial charge in [-0.3, -0.25) is 9.30 Å². The molecule has 0 spiro atoms. The zero-order chi connectivity index (χ0) is 29.0. The highest BCUT2D eigenvalue weighted by Crippen LogP contribution is 2.23. The molecule has 0 bridgehead atoms. The maximum atomic E-state index is 10.6. The number of rotatable bonds is 16. The molecule has 0 unspecified atom stereocenters. The van der Waals surface area contributed by atoms with Gasteiger partial charge in [-0.15, -0.1) is 0 Å². The van der Waals surface area contributed by atoms with Crippen molar-refractivity contribution < 1.29 is 9.53 Å². The Morgan fingerprint density at radius 3 is 2.61 bits per heavy atom. The Kier molecular flexibility index (Phi) is 10.5. The van der Waals surface area contributed by atoms with Gasteiger partial charge in [-0.25, -0.2) is 15.0 Å². The van der Waals surface area contributed by atoms with Gasteiger partial charge in [0.15, 0.2) is 0 Å². The van der Waals surface area contributed by atoms with Gasteiger partial charge in [0.2, 0.25) is 0 Å². The molecule has 0 fully saturated rings. The van der Waals surface area contributed by atoms with Crippen LogP contribution in [-0.2, 0) is 11.3 Å². The molecule has 11 heteroatoms. The van der Waals surface area contributed by atoms with E-state index in [0.29, 0.717) is 25.5 Å². The number of anilines is 1. The summed E-state index contributed by atoms with van der Waals surface area (Å²) in [6.07, 6.45) is 9.34. The largest absolute Gasteiger partial charge is 0.492 e. The number of benzene rings is 1. The molecule has 3 aromatic heterocycles. The van der Waals surface area contributed by atoms with Crippen molar-refractivity contribution in [1.82, 2.24) is 34.5 Å². The Labute approximate surface area is 240 Å². The van der Waals surface area contributed by atoms with Crippen LogP contribution in [0.15, 0.2) is 67.4 Å². The van der Waals surface area contributed by atoms with Gasteiger partial charge >= 0.3 is 0 Å². The van der Waals surface area contributed by atoms with Crippen molar-refractivity contribution in [2.75, 3.05) is 59.2 Å². The van der Waals surface area contributed by atoms with Crippen molar-refractivity contribution in [3.63, 3.8) is 0 Å². The van der Waals surface area contributed by atoms with Crippen LogP contribution in [0.1, 0.15) is 11.1 Å². The van der Waals surface area contributed by atoms with E-state index in [1.807, 2.05) is 79.1 Å². The molecule has 0 aliphatic carbocycles. The number of nitrogens with zero attached hydrogens (tertiary/aromatic N) is 6. The van der Waals surface area contributed by atoms with Crippen LogP contribution in [0.4, 0.5) is 5.82 Å². The highest BCUT2D eigenvalue weighted by atomic mass is 16.5. The SMILES string of the molecule is CN/C=C(\C=N)c1ccc(CNc2cc(-c3cnc4cc(OCCN(C)CCN(C)CC=O)ccn34)ncn2)cc1. The lowest BCUT2D eigenvalue weighted by atomic mass is 10.1. The summed E-state index contributed by atoms with van der Waals surface area (Å²) in [4.78, 5) is 28.2. The maximum absolute atomic E-state index is 10.6. The van der Waals surface area contributed by atoms with Crippen LogP contribution in [0.2, 0.25) is 0 Å². The van der Waals surface area contributed by atoms with Crippen molar-refractivity contribution in [2.24, 2.45) is 0 Å². The zero-order valence-corrected chi connectivity index (χ0v) is 23.7. The average molecular weight is 556 g/mol. The van der Waals surface area contributed by atoms with Gasteiger partial charge in [0.25, 0.3) is 0 Å². The molecule has 3 heterocycles. The fraction of sp³-hybridized carbons (Fsp3) is 0.300. The van der Waals surface area contributed by atoms with Crippen molar-refractivity contribution in [1.29, 1.82) is 5.41 Å². The van der Waals surface area contributed by atoms with Crippen LogP contribution in [0.25, 0.3) is 22.6 Å². The van der Waals surface area contributed by atoms with Gasteiger partial charge in [-0.1, -0.05) is 24.3 Å². The molecule has 4 aromatic rings. The molecule has 0 aliphatic rings. The summed E-state index contributed by atoms with van der Waals surface area (Å²) in [6, 6.07) is 13.8. The van der Waals surface area contributed by atoms with Gasteiger partial charge in [-0.05, 0) is 31.3 Å². The predicted molar refractivity (Wildman–Crippen MR) is 162 cm³/mol. The Bertz CT molecular complexity index is 1470. The molecule has 1 aromatic carbocycles. The first-order valence-electron chi connectivity index (χ1n) is 13.4. The third-order valence-corrected chi connectivity index (χ3v) is 6.62. The maximum Gasteiger partial charge on any atom is 0.140 e. The van der Waals surface area contributed by atoms with Gasteiger partial charge in [0.05, 0.1) is 24.1 Å². The standard InChI is InChI=1S/C30H37N9O2/c1-32-20-25(18-31)24-6-4-23(5-7-24)19-33-29-17-27(35-22-36-29)28-21-34-30-16-26(8-9-39(28)30)41-15-13-38(3)11-10-37(2)12-14-40/h4-9,14,16-18,20-22,31-32H,10-13,15,19H2,1-3H3,(H,33,35,36)/b25-20+,31-18?. The van der Waals surface area contributed by atoms with Gasteiger partial charge in [0.1, 0.15) is 36.4 Å². The van der Waals surface area contributed by atoms with Gasteiger partial charge in [0, 0.05) is 69.5 Å². The topological polar surface area (TPSA) is 124 Å². The molecule has 4 rings (SSSR count). The third kappa shape index (κ3) is 8.19. The number of carbonyl (C=O) groups excluding carboxylic acids is 1. The number of aldehydes is 1. The molecule has 3 N–H and O–H groups in total. The monoisotopic (exact) mass is 555 g/mol. The first-order chi connectivity index (χ1) is 20.0. The number of hydrogen-bond donors (Lipinski definition) is 3. The van der Waals surface area contributed by atoms with Gasteiger partial charge in [-0.2, -0.15) is 0 Å². The van der Waals surface area contributed by atoms with E-state index in [9.17, 15) is 4.79 Å². The minimum Gasteiger partial charge on any atom is -0.492 e. The molecular weight excluding hydrogens is 518 g/mol. The third-order valence-electron chi connectivity index (χ3n) is 6.62. The van der Waals surface area contributed by atoms with Crippen molar-refractivity contribution in [3.8, 4) is 17.1 Å². The fourth-order valence-electron chi connectivity index (χ4n) is 4.20. The molecule has 0 aliphatic heterocycles. The highest BCUT2D eigenvalue weighted by Gasteiger charge is 2.10. The minimum absolute atomic E-state index is 0.446. The molecule has 0 saturated heterocycles. The minimum atomic E-state index is 0.446. The average Bonchev–Trinajstić information content (AvgIpc) is 3.42. The lowest BCUT2D eigenvalue weighted by molar-refractivity contribution is -0.108. The van der Waals surface area contributed by atoms with Crippen LogP contribution in [0.3, 0.4) is 0 Å². The summed E-state index contributed by atoms with van der Waals surface area (Å²) >= 11 is 0. The second kappa shape index (κ2) is 14.7. The van der Waals surface area contributed by atoms with E-state index >= 15 is 0 Å². The van der Waals surface area contributed by atoms with E-state index < -0.39 is 0 Å². The predicted octanol–water partition coefficient (Wildman–Crippen LogP) is 3.05. The first-order valence-corrected chi connectivity index (χ1v) is 13.4. The number of pyridine rings is 1. The zero-order valence-electron chi connectivity index (χ0n) is 23.7. The normalized spacial score (nSPS) is 11.7. The molecule has 11 nitrogen and oxygen atoms in total. The van der Waals surface area contributed by atoms with Crippen molar-refractivity contribution in [3.05, 3.63) is 78.5 Å². The van der Waals surface area contributed by atoms with Crippen LogP contribution in [-0.4, -0.2) is 95.6 Å². The number of imidazole rings is 1. The smallest absolute Gasteiger partial charge is 0.140 e. The van der Waals surface area contributed by atoms with E-state index in [-0.39, 0.29) is 0 Å². The number of allylic oxidation sites excluding steroid dienone is 1. The summed E-state index contributed by atoms with van der Waals surface area (Å²) in [6.45, 7) is 4.07. The molecular formula is C30H37N9O2. The van der Waals surface area contributed by atoms with E-state index in [1.54, 1.807) is 18.7 Å². The number of fused-ring (bicyclic) bond motifs is 1. The van der Waals surface area contributed by atoms with E-state index in [1.165, 1.54) is 6.21 Å². The molecule has 0 amide bonds. The summed E-state index contributed by atoms with van der Waals surface area (Å²) in [7, 11) is 5.80. The van der Waals surface area contributed by atoms with Crippen LogP contribution in [0.5, 0.6) is 5.75 Å². The first kappa shape index (κ1) is 29.4. The van der Waals surface area contributed by atoms with Crippen LogP contribution >= 0.6 is 0 Å².